The van der Waals surface area contributed by atoms with Gasteiger partial charge in [-0.25, -0.2) is 17.9 Å². The Balaban J connectivity index is 2.07. The van der Waals surface area contributed by atoms with E-state index < -0.39 is 20.7 Å². The summed E-state index contributed by atoms with van der Waals surface area (Å²) in [4.78, 5) is -0.479. The van der Waals surface area contributed by atoms with Crippen LogP contribution in [0.1, 0.15) is 30.4 Å². The summed E-state index contributed by atoms with van der Waals surface area (Å²) in [5.41, 5.74) is 3.92. The van der Waals surface area contributed by atoms with Crippen LogP contribution >= 0.6 is 11.6 Å². The van der Waals surface area contributed by atoms with Crippen molar-refractivity contribution in [3.8, 4) is 0 Å². The smallest absolute Gasteiger partial charge is 0.225 e. The Kier molecular flexibility index (Phi) is 4.27. The quantitative estimate of drug-likeness (QED) is 0.899. The Morgan fingerprint density at radius 3 is 2.09 bits per heavy atom. The van der Waals surface area contributed by atoms with Crippen LogP contribution in [0.25, 0.3) is 11.1 Å². The molecule has 2 aromatic carbocycles. The van der Waals surface area contributed by atoms with Gasteiger partial charge in [-0.15, -0.1) is 0 Å². The van der Waals surface area contributed by atoms with E-state index in [1.807, 2.05) is 24.3 Å². The molecule has 0 bridgehead atoms. The molecule has 120 valence electrons. The zero-order valence-electron chi connectivity index (χ0n) is 12.2. The molecule has 0 heterocycles. The van der Waals surface area contributed by atoms with Crippen molar-refractivity contribution in [2.75, 3.05) is 0 Å². The highest BCUT2D eigenvalue weighted by Gasteiger charge is 2.20. The summed E-state index contributed by atoms with van der Waals surface area (Å²) in [6.07, 6.45) is 2.70. The highest BCUT2D eigenvalue weighted by atomic mass is 35.5. The second kappa shape index (κ2) is 6.07. The second-order valence-corrected chi connectivity index (χ2v) is 7.47. The first-order chi connectivity index (χ1) is 10.9. The normalized spacial score (nSPS) is 15.3. The number of sulfonamides is 1. The number of hydrogen-bond donors (Lipinski definition) is 1. The maximum Gasteiger partial charge on any atom is 0.240 e. The first kappa shape index (κ1) is 16.2. The highest BCUT2D eigenvalue weighted by molar-refractivity contribution is 7.89. The minimum Gasteiger partial charge on any atom is -0.225 e. The van der Waals surface area contributed by atoms with Crippen molar-refractivity contribution < 1.29 is 12.8 Å². The van der Waals surface area contributed by atoms with Crippen molar-refractivity contribution in [3.63, 3.8) is 0 Å². The van der Waals surface area contributed by atoms with Crippen LogP contribution in [0.2, 0.25) is 5.02 Å². The molecule has 3 rings (SSSR count). The van der Waals surface area contributed by atoms with E-state index in [-0.39, 0.29) is 0 Å². The SMILES string of the molecule is NS(=O)(=O)c1ccc(C2=C(c3ccc(Cl)cc3)CCC2)cc1F. The molecule has 0 aromatic heterocycles. The number of nitrogens with two attached hydrogens (primary N) is 1. The van der Waals surface area contributed by atoms with Gasteiger partial charge in [-0.1, -0.05) is 29.8 Å². The molecule has 3 nitrogen and oxygen atoms in total. The average Bonchev–Trinajstić information content (AvgIpc) is 2.96. The zero-order chi connectivity index (χ0) is 16.6. The molecule has 0 saturated carbocycles. The van der Waals surface area contributed by atoms with Crippen LogP contribution in [0.4, 0.5) is 4.39 Å². The van der Waals surface area contributed by atoms with Crippen molar-refractivity contribution in [2.45, 2.75) is 24.2 Å². The van der Waals surface area contributed by atoms with Crippen molar-refractivity contribution in [1.82, 2.24) is 0 Å². The summed E-state index contributed by atoms with van der Waals surface area (Å²) < 4.78 is 36.7. The van der Waals surface area contributed by atoms with Gasteiger partial charge < -0.3 is 0 Å². The number of allylic oxidation sites excluding steroid dienone is 2. The molecular weight excluding hydrogens is 337 g/mol. The lowest BCUT2D eigenvalue weighted by molar-refractivity contribution is 0.568. The van der Waals surface area contributed by atoms with Gasteiger partial charge in [-0.2, -0.15) is 0 Å². The van der Waals surface area contributed by atoms with Gasteiger partial charge in [0, 0.05) is 5.02 Å². The van der Waals surface area contributed by atoms with Crippen LogP contribution in [0.3, 0.4) is 0 Å². The van der Waals surface area contributed by atoms with E-state index in [0.717, 1.165) is 36.0 Å². The molecule has 0 radical (unpaired) electrons. The lowest BCUT2D eigenvalue weighted by Crippen LogP contribution is -2.14. The Bertz CT molecular complexity index is 889. The number of halogens is 2. The molecule has 23 heavy (non-hydrogen) atoms. The number of primary sulfonamides is 1. The molecule has 0 amide bonds. The van der Waals surface area contributed by atoms with Gasteiger partial charge in [0.05, 0.1) is 0 Å². The summed E-state index contributed by atoms with van der Waals surface area (Å²) in [5.74, 6) is -0.820. The summed E-state index contributed by atoms with van der Waals surface area (Å²) >= 11 is 5.92. The summed E-state index contributed by atoms with van der Waals surface area (Å²) in [6.45, 7) is 0. The van der Waals surface area contributed by atoms with Crippen molar-refractivity contribution in [2.24, 2.45) is 5.14 Å². The highest BCUT2D eigenvalue weighted by Crippen LogP contribution is 2.40. The van der Waals surface area contributed by atoms with Gasteiger partial charge in [0.15, 0.2) is 0 Å². The third kappa shape index (κ3) is 3.32. The molecule has 1 aliphatic carbocycles. The van der Waals surface area contributed by atoms with Crippen LogP contribution in [0.15, 0.2) is 47.4 Å². The fourth-order valence-electron chi connectivity index (χ4n) is 2.95. The van der Waals surface area contributed by atoms with Gasteiger partial charge in [0.2, 0.25) is 10.0 Å². The van der Waals surface area contributed by atoms with E-state index in [1.54, 1.807) is 6.07 Å². The number of benzene rings is 2. The molecule has 6 heteroatoms. The average molecular weight is 352 g/mol. The topological polar surface area (TPSA) is 60.2 Å². The first-order valence-electron chi connectivity index (χ1n) is 7.17. The maximum atomic E-state index is 14.1. The monoisotopic (exact) mass is 351 g/mol. The maximum absolute atomic E-state index is 14.1. The van der Waals surface area contributed by atoms with E-state index in [0.29, 0.717) is 10.6 Å². The van der Waals surface area contributed by atoms with Crippen molar-refractivity contribution in [3.05, 3.63) is 64.4 Å². The molecule has 0 unspecified atom stereocenters. The lowest BCUT2D eigenvalue weighted by atomic mass is 9.97. The van der Waals surface area contributed by atoms with Crippen LogP contribution < -0.4 is 5.14 Å². The number of rotatable bonds is 3. The Hall–Kier alpha value is -1.69. The number of hydrogen-bond acceptors (Lipinski definition) is 2. The standard InChI is InChI=1S/C17H15ClFNO2S/c18-13-7-4-11(5-8-13)14-2-1-3-15(14)12-6-9-17(16(19)10-12)23(20,21)22/h4-10H,1-3H2,(H2,20,21,22). The Morgan fingerprint density at radius 2 is 1.52 bits per heavy atom. The summed E-state index contributed by atoms with van der Waals surface area (Å²) in [5, 5.41) is 5.67. The predicted octanol–water partition coefficient (Wildman–Crippen LogP) is 4.22. The van der Waals surface area contributed by atoms with E-state index >= 15 is 0 Å². The third-order valence-corrected chi connectivity index (χ3v) is 5.19. The van der Waals surface area contributed by atoms with Gasteiger partial charge in [0.25, 0.3) is 0 Å². The Morgan fingerprint density at radius 1 is 0.957 bits per heavy atom. The molecule has 0 aliphatic heterocycles. The molecular formula is C17H15ClFNO2S. The van der Waals surface area contributed by atoms with Crippen LogP contribution in [-0.2, 0) is 10.0 Å². The fourth-order valence-corrected chi connectivity index (χ4v) is 3.67. The van der Waals surface area contributed by atoms with Gasteiger partial charge in [-0.05, 0) is 65.8 Å². The van der Waals surface area contributed by atoms with Gasteiger partial charge in [-0.3, -0.25) is 0 Å². The second-order valence-electron chi connectivity index (χ2n) is 5.51. The molecule has 0 fully saturated rings. The predicted molar refractivity (Wildman–Crippen MR) is 89.9 cm³/mol. The molecule has 0 spiro atoms. The lowest BCUT2D eigenvalue weighted by Gasteiger charge is -2.10. The van der Waals surface area contributed by atoms with Gasteiger partial charge in [0.1, 0.15) is 10.7 Å². The van der Waals surface area contributed by atoms with Crippen molar-refractivity contribution >= 4 is 32.8 Å². The summed E-state index contributed by atoms with van der Waals surface area (Å²) in [7, 11) is -4.05. The van der Waals surface area contributed by atoms with Gasteiger partial charge >= 0.3 is 0 Å². The third-order valence-electron chi connectivity index (χ3n) is 4.00. The van der Waals surface area contributed by atoms with Crippen LogP contribution in [0.5, 0.6) is 0 Å². The molecule has 0 saturated heterocycles. The van der Waals surface area contributed by atoms with E-state index in [4.69, 9.17) is 16.7 Å². The minimum absolute atomic E-state index is 0.479. The fraction of sp³-hybridized carbons (Fsp3) is 0.176. The molecule has 1 aliphatic rings. The van der Waals surface area contributed by atoms with E-state index in [1.165, 1.54) is 12.1 Å². The van der Waals surface area contributed by atoms with Crippen LogP contribution in [-0.4, -0.2) is 8.42 Å². The first-order valence-corrected chi connectivity index (χ1v) is 9.09. The molecule has 2 aromatic rings. The largest absolute Gasteiger partial charge is 0.240 e. The van der Waals surface area contributed by atoms with E-state index in [9.17, 15) is 12.8 Å². The Labute approximate surface area is 139 Å². The van der Waals surface area contributed by atoms with Crippen LogP contribution in [0, 0.1) is 5.82 Å². The molecule has 0 atom stereocenters. The summed E-state index contributed by atoms with van der Waals surface area (Å²) in [6, 6.07) is 11.6. The molecule has 2 N–H and O–H groups in total. The minimum atomic E-state index is -4.05. The zero-order valence-corrected chi connectivity index (χ0v) is 13.8. The van der Waals surface area contributed by atoms with Crippen molar-refractivity contribution in [1.29, 1.82) is 0 Å². The van der Waals surface area contributed by atoms with E-state index in [2.05, 4.69) is 0 Å².